The van der Waals surface area contributed by atoms with Crippen molar-refractivity contribution in [3.63, 3.8) is 0 Å². The maximum atomic E-state index is 12.5. The molecule has 134 valence electrons. The summed E-state index contributed by atoms with van der Waals surface area (Å²) in [6.07, 6.45) is 3.55. The van der Waals surface area contributed by atoms with Crippen molar-refractivity contribution < 1.29 is 9.53 Å². The molecule has 3 heterocycles. The summed E-state index contributed by atoms with van der Waals surface area (Å²) in [5.74, 6) is 1.00. The van der Waals surface area contributed by atoms with E-state index in [2.05, 4.69) is 23.7 Å². The Bertz CT molecular complexity index is 761. The SMILES string of the molecule is CC(C)N1CC[C@H](Oc2ccc3[nH]c(C(=O)N4CCCC4)cc3c2)C1. The van der Waals surface area contributed by atoms with Crippen LogP contribution in [0.5, 0.6) is 5.75 Å². The zero-order valence-corrected chi connectivity index (χ0v) is 15.1. The molecule has 1 amide bonds. The molecule has 2 aliphatic heterocycles. The van der Waals surface area contributed by atoms with Crippen molar-refractivity contribution in [2.75, 3.05) is 26.2 Å². The third kappa shape index (κ3) is 3.38. The van der Waals surface area contributed by atoms with Crippen molar-refractivity contribution >= 4 is 16.8 Å². The maximum Gasteiger partial charge on any atom is 0.270 e. The summed E-state index contributed by atoms with van der Waals surface area (Å²) >= 11 is 0. The molecule has 0 unspecified atom stereocenters. The van der Waals surface area contributed by atoms with Crippen LogP contribution in [0.4, 0.5) is 0 Å². The van der Waals surface area contributed by atoms with Gasteiger partial charge in [-0.05, 0) is 57.4 Å². The van der Waals surface area contributed by atoms with E-state index in [1.807, 2.05) is 29.2 Å². The smallest absolute Gasteiger partial charge is 0.270 e. The number of nitrogens with zero attached hydrogens (tertiary/aromatic N) is 2. The first kappa shape index (κ1) is 16.5. The number of carbonyl (C=O) groups is 1. The van der Waals surface area contributed by atoms with Crippen LogP contribution >= 0.6 is 0 Å². The van der Waals surface area contributed by atoms with Crippen LogP contribution in [0, 0.1) is 0 Å². The van der Waals surface area contributed by atoms with Gasteiger partial charge in [-0.15, -0.1) is 0 Å². The number of ether oxygens (including phenoxy) is 1. The number of carbonyl (C=O) groups excluding carboxylic acids is 1. The molecule has 2 aliphatic rings. The molecular formula is C20H27N3O2. The fraction of sp³-hybridized carbons (Fsp3) is 0.550. The molecule has 4 rings (SSSR count). The molecule has 5 nitrogen and oxygen atoms in total. The Morgan fingerprint density at radius 2 is 2.00 bits per heavy atom. The zero-order chi connectivity index (χ0) is 17.4. The number of amides is 1. The molecule has 0 saturated carbocycles. The minimum absolute atomic E-state index is 0.111. The summed E-state index contributed by atoms with van der Waals surface area (Å²) in [6.45, 7) is 8.29. The van der Waals surface area contributed by atoms with Gasteiger partial charge in [0.15, 0.2) is 0 Å². The first-order chi connectivity index (χ1) is 12.1. The Balaban J connectivity index is 1.48. The van der Waals surface area contributed by atoms with Gasteiger partial charge in [0.05, 0.1) is 0 Å². The van der Waals surface area contributed by atoms with Gasteiger partial charge < -0.3 is 14.6 Å². The highest BCUT2D eigenvalue weighted by molar-refractivity contribution is 5.98. The molecule has 0 radical (unpaired) electrons. The normalized spacial score (nSPS) is 21.6. The van der Waals surface area contributed by atoms with E-state index < -0.39 is 0 Å². The second-order valence-electron chi connectivity index (χ2n) is 7.55. The van der Waals surface area contributed by atoms with Crippen LogP contribution in [0.25, 0.3) is 10.9 Å². The number of likely N-dealkylation sites (tertiary alicyclic amines) is 2. The highest BCUT2D eigenvalue weighted by Gasteiger charge is 2.26. The predicted molar refractivity (Wildman–Crippen MR) is 99.2 cm³/mol. The van der Waals surface area contributed by atoms with Gasteiger partial charge in [0, 0.05) is 43.1 Å². The number of nitrogens with one attached hydrogen (secondary N) is 1. The largest absolute Gasteiger partial charge is 0.489 e. The lowest BCUT2D eigenvalue weighted by atomic mass is 10.2. The molecule has 2 aromatic rings. The number of benzene rings is 1. The third-order valence-electron chi connectivity index (χ3n) is 5.43. The van der Waals surface area contributed by atoms with E-state index in [-0.39, 0.29) is 12.0 Å². The molecule has 0 aliphatic carbocycles. The van der Waals surface area contributed by atoms with Crippen molar-refractivity contribution in [2.24, 2.45) is 0 Å². The molecule has 1 aromatic carbocycles. The second-order valence-corrected chi connectivity index (χ2v) is 7.55. The fourth-order valence-corrected chi connectivity index (χ4v) is 3.90. The zero-order valence-electron chi connectivity index (χ0n) is 15.1. The van der Waals surface area contributed by atoms with Gasteiger partial charge in [-0.2, -0.15) is 0 Å². The molecular weight excluding hydrogens is 314 g/mol. The van der Waals surface area contributed by atoms with Gasteiger partial charge in [-0.25, -0.2) is 0 Å². The highest BCUT2D eigenvalue weighted by Crippen LogP contribution is 2.25. The van der Waals surface area contributed by atoms with E-state index in [4.69, 9.17) is 4.74 Å². The number of hydrogen-bond acceptors (Lipinski definition) is 3. The lowest BCUT2D eigenvalue weighted by Gasteiger charge is -2.20. The topological polar surface area (TPSA) is 48.6 Å². The van der Waals surface area contributed by atoms with E-state index in [0.717, 1.165) is 62.1 Å². The molecule has 2 fully saturated rings. The number of hydrogen-bond donors (Lipinski definition) is 1. The minimum atomic E-state index is 0.111. The van der Waals surface area contributed by atoms with Crippen molar-refractivity contribution in [1.29, 1.82) is 0 Å². The van der Waals surface area contributed by atoms with Crippen LogP contribution in [-0.4, -0.2) is 59.0 Å². The first-order valence-corrected chi connectivity index (χ1v) is 9.43. The van der Waals surface area contributed by atoms with Crippen LogP contribution in [0.15, 0.2) is 24.3 Å². The third-order valence-corrected chi connectivity index (χ3v) is 5.43. The van der Waals surface area contributed by atoms with E-state index in [1.54, 1.807) is 0 Å². The number of rotatable bonds is 4. The molecule has 25 heavy (non-hydrogen) atoms. The van der Waals surface area contributed by atoms with Crippen molar-refractivity contribution in [3.8, 4) is 5.75 Å². The van der Waals surface area contributed by atoms with Crippen LogP contribution in [0.2, 0.25) is 0 Å². The van der Waals surface area contributed by atoms with Crippen LogP contribution in [0.3, 0.4) is 0 Å². The van der Waals surface area contributed by atoms with E-state index in [1.165, 1.54) is 0 Å². The molecule has 1 aromatic heterocycles. The quantitative estimate of drug-likeness (QED) is 0.928. The Morgan fingerprint density at radius 3 is 2.72 bits per heavy atom. The maximum absolute atomic E-state index is 12.5. The lowest BCUT2D eigenvalue weighted by Crippen LogP contribution is -2.30. The second kappa shape index (κ2) is 6.71. The van der Waals surface area contributed by atoms with Crippen molar-refractivity contribution in [1.82, 2.24) is 14.8 Å². The Labute approximate surface area is 148 Å². The van der Waals surface area contributed by atoms with Crippen LogP contribution in [0.1, 0.15) is 43.6 Å². The van der Waals surface area contributed by atoms with E-state index in [0.29, 0.717) is 11.7 Å². The average molecular weight is 341 g/mol. The summed E-state index contributed by atoms with van der Waals surface area (Å²) in [6, 6.07) is 8.59. The van der Waals surface area contributed by atoms with Gasteiger partial charge in [0.25, 0.3) is 5.91 Å². The van der Waals surface area contributed by atoms with Gasteiger partial charge in [0.1, 0.15) is 17.5 Å². The fourth-order valence-electron chi connectivity index (χ4n) is 3.90. The molecule has 1 N–H and O–H groups in total. The Kier molecular flexibility index (Phi) is 4.42. The lowest BCUT2D eigenvalue weighted by molar-refractivity contribution is 0.0788. The monoisotopic (exact) mass is 341 g/mol. The Hall–Kier alpha value is -2.01. The number of aromatic nitrogens is 1. The summed E-state index contributed by atoms with van der Waals surface area (Å²) in [4.78, 5) is 20.2. The highest BCUT2D eigenvalue weighted by atomic mass is 16.5. The van der Waals surface area contributed by atoms with Gasteiger partial charge in [0.2, 0.25) is 0 Å². The van der Waals surface area contributed by atoms with Gasteiger partial charge >= 0.3 is 0 Å². The Morgan fingerprint density at radius 1 is 1.20 bits per heavy atom. The molecule has 2 saturated heterocycles. The first-order valence-electron chi connectivity index (χ1n) is 9.43. The summed E-state index contributed by atoms with van der Waals surface area (Å²) in [7, 11) is 0. The van der Waals surface area contributed by atoms with E-state index in [9.17, 15) is 4.79 Å². The molecule has 1 atom stereocenters. The molecule has 5 heteroatoms. The summed E-state index contributed by atoms with van der Waals surface area (Å²) in [5, 5.41) is 1.04. The van der Waals surface area contributed by atoms with Gasteiger partial charge in [-0.3, -0.25) is 9.69 Å². The molecule has 0 bridgehead atoms. The number of H-pyrrole nitrogens is 1. The number of fused-ring (bicyclic) bond motifs is 1. The molecule has 0 spiro atoms. The van der Waals surface area contributed by atoms with Crippen LogP contribution in [-0.2, 0) is 0 Å². The van der Waals surface area contributed by atoms with Crippen molar-refractivity contribution in [3.05, 3.63) is 30.0 Å². The van der Waals surface area contributed by atoms with Gasteiger partial charge in [-0.1, -0.05) is 0 Å². The predicted octanol–water partition coefficient (Wildman–Crippen LogP) is 3.27. The summed E-state index contributed by atoms with van der Waals surface area (Å²) < 4.78 is 6.18. The van der Waals surface area contributed by atoms with Crippen LogP contribution < -0.4 is 4.74 Å². The van der Waals surface area contributed by atoms with Crippen molar-refractivity contribution in [2.45, 2.75) is 45.3 Å². The summed E-state index contributed by atoms with van der Waals surface area (Å²) in [5.41, 5.74) is 1.67. The average Bonchev–Trinajstić information content (AvgIpc) is 3.34. The number of aromatic amines is 1. The van der Waals surface area contributed by atoms with E-state index >= 15 is 0 Å². The standard InChI is InChI=1S/C20H27N3O2/c1-14(2)23-10-7-17(13-23)25-16-5-6-18-15(11-16)12-19(21-18)20(24)22-8-3-4-9-22/h5-6,11-12,14,17,21H,3-4,7-10,13H2,1-2H3/t17-/m0/s1. The minimum Gasteiger partial charge on any atom is -0.489 e.